The number of carbonyl (C=O) groups is 2. The molecule has 4 heterocycles. The van der Waals surface area contributed by atoms with Gasteiger partial charge in [-0.3, -0.25) is 9.59 Å². The maximum atomic E-state index is 12.9. The second-order valence-corrected chi connectivity index (χ2v) is 7.78. The number of dihydropyridines is 1. The third-order valence-corrected chi connectivity index (χ3v) is 6.26. The molecule has 2 aromatic heterocycles. The van der Waals surface area contributed by atoms with Crippen molar-refractivity contribution in [3.8, 4) is 0 Å². The molecule has 2 aliphatic heterocycles. The number of rotatable bonds is 3. The van der Waals surface area contributed by atoms with Crippen LogP contribution in [0, 0.1) is 5.92 Å². The molecule has 24 heavy (non-hydrogen) atoms. The van der Waals surface area contributed by atoms with Crippen LogP contribution in [0.15, 0.2) is 52.2 Å². The zero-order valence-corrected chi connectivity index (χ0v) is 14.6. The highest BCUT2D eigenvalue weighted by Crippen LogP contribution is 2.36. The van der Waals surface area contributed by atoms with Crippen molar-refractivity contribution >= 4 is 40.2 Å². The van der Waals surface area contributed by atoms with Gasteiger partial charge in [0, 0.05) is 11.4 Å². The van der Waals surface area contributed by atoms with Crippen LogP contribution < -0.4 is 0 Å². The molecule has 0 spiro atoms. The molecule has 6 heteroatoms. The van der Waals surface area contributed by atoms with E-state index in [2.05, 4.69) is 11.1 Å². The minimum absolute atomic E-state index is 0.0985. The summed E-state index contributed by atoms with van der Waals surface area (Å²) in [7, 11) is 0. The van der Waals surface area contributed by atoms with Gasteiger partial charge in [-0.05, 0) is 41.8 Å². The minimum Gasteiger partial charge on any atom is -0.334 e. The van der Waals surface area contributed by atoms with E-state index in [1.165, 1.54) is 16.2 Å². The quantitative estimate of drug-likeness (QED) is 0.788. The van der Waals surface area contributed by atoms with Crippen LogP contribution in [0.1, 0.15) is 28.6 Å². The highest BCUT2D eigenvalue weighted by molar-refractivity contribution is 7.12. The van der Waals surface area contributed by atoms with Crippen molar-refractivity contribution in [1.82, 2.24) is 4.90 Å². The average molecular weight is 356 g/mol. The summed E-state index contributed by atoms with van der Waals surface area (Å²) in [5, 5.41) is 3.98. The van der Waals surface area contributed by atoms with E-state index in [9.17, 15) is 9.59 Å². The number of nitrogens with zero attached hydrogens (tertiary/aromatic N) is 2. The lowest BCUT2D eigenvalue weighted by Crippen LogP contribution is -2.38. The second-order valence-electron chi connectivity index (χ2n) is 5.85. The maximum absolute atomic E-state index is 12.9. The van der Waals surface area contributed by atoms with Crippen LogP contribution in [-0.2, 0) is 9.59 Å². The Bertz CT molecular complexity index is 806. The predicted molar refractivity (Wildman–Crippen MR) is 96.5 cm³/mol. The second kappa shape index (κ2) is 6.45. The van der Waals surface area contributed by atoms with Crippen molar-refractivity contribution in [2.24, 2.45) is 10.9 Å². The third-order valence-electron chi connectivity index (χ3n) is 4.39. The van der Waals surface area contributed by atoms with Gasteiger partial charge in [-0.15, -0.1) is 22.7 Å². The van der Waals surface area contributed by atoms with E-state index >= 15 is 0 Å². The SMILES string of the molecule is O=C1N=C(c2cccs2)C=CC1C(=O)N1CCCC1c1cccs1. The first-order chi connectivity index (χ1) is 11.7. The molecule has 0 radical (unpaired) electrons. The molecule has 0 bridgehead atoms. The number of hydrogen-bond donors (Lipinski definition) is 0. The summed E-state index contributed by atoms with van der Waals surface area (Å²) in [5.41, 5.74) is 0.648. The van der Waals surface area contributed by atoms with E-state index in [4.69, 9.17) is 0 Å². The Hall–Kier alpha value is -2.05. The number of carbonyl (C=O) groups excluding carboxylic acids is 2. The summed E-state index contributed by atoms with van der Waals surface area (Å²) in [6.45, 7) is 0.709. The van der Waals surface area contributed by atoms with Gasteiger partial charge in [0.05, 0.1) is 16.6 Å². The molecule has 1 fully saturated rings. The monoisotopic (exact) mass is 356 g/mol. The van der Waals surface area contributed by atoms with Gasteiger partial charge in [0.1, 0.15) is 5.92 Å². The molecule has 4 rings (SSSR count). The number of hydrogen-bond acceptors (Lipinski definition) is 4. The van der Waals surface area contributed by atoms with Crippen molar-refractivity contribution < 1.29 is 9.59 Å². The number of likely N-dealkylation sites (tertiary alicyclic amines) is 1. The Morgan fingerprint density at radius 3 is 2.75 bits per heavy atom. The van der Waals surface area contributed by atoms with Crippen molar-refractivity contribution in [3.05, 3.63) is 56.9 Å². The number of thiophene rings is 2. The van der Waals surface area contributed by atoms with Gasteiger partial charge in [-0.2, -0.15) is 0 Å². The van der Waals surface area contributed by atoms with Crippen molar-refractivity contribution in [2.45, 2.75) is 18.9 Å². The zero-order chi connectivity index (χ0) is 16.5. The summed E-state index contributed by atoms with van der Waals surface area (Å²) in [6, 6.07) is 8.02. The fraction of sp³-hybridized carbons (Fsp3) is 0.278. The maximum Gasteiger partial charge on any atom is 0.262 e. The fourth-order valence-electron chi connectivity index (χ4n) is 3.23. The number of aliphatic imine (C=N–C) groups is 1. The van der Waals surface area contributed by atoms with Crippen LogP contribution in [-0.4, -0.2) is 29.0 Å². The number of allylic oxidation sites excluding steroid dienone is 1. The third kappa shape index (κ3) is 2.76. The highest BCUT2D eigenvalue weighted by atomic mass is 32.1. The molecule has 0 aromatic carbocycles. The molecule has 0 aliphatic carbocycles. The van der Waals surface area contributed by atoms with Crippen molar-refractivity contribution in [1.29, 1.82) is 0 Å². The van der Waals surface area contributed by atoms with Crippen LogP contribution in [0.2, 0.25) is 0 Å². The van der Waals surface area contributed by atoms with Gasteiger partial charge in [-0.25, -0.2) is 4.99 Å². The van der Waals surface area contributed by atoms with Crippen molar-refractivity contribution in [2.75, 3.05) is 6.54 Å². The lowest BCUT2D eigenvalue weighted by Gasteiger charge is -2.27. The average Bonchev–Trinajstić information content (AvgIpc) is 3.35. The summed E-state index contributed by atoms with van der Waals surface area (Å²) in [4.78, 5) is 33.4. The Morgan fingerprint density at radius 2 is 2.04 bits per heavy atom. The smallest absolute Gasteiger partial charge is 0.262 e. The summed E-state index contributed by atoms with van der Waals surface area (Å²) in [5.74, 6) is -1.27. The number of amides is 2. The summed E-state index contributed by atoms with van der Waals surface area (Å²) >= 11 is 3.20. The molecular weight excluding hydrogens is 340 g/mol. The Labute approximate surface area is 148 Å². The standard InChI is InChI=1S/C18H16N2O2S2/c21-17-12(7-8-13(19-17)15-5-2-10-23-15)18(22)20-9-1-4-14(20)16-6-3-11-24-16/h2-3,5-8,10-12,14H,1,4,9H2. The van der Waals surface area contributed by atoms with Gasteiger partial charge in [-0.1, -0.05) is 18.2 Å². The molecule has 2 atom stereocenters. The Kier molecular flexibility index (Phi) is 4.16. The first-order valence-corrected chi connectivity index (χ1v) is 9.68. The molecular formula is C18H16N2O2S2. The topological polar surface area (TPSA) is 49.7 Å². The van der Waals surface area contributed by atoms with Crippen LogP contribution in [0.3, 0.4) is 0 Å². The highest BCUT2D eigenvalue weighted by Gasteiger charge is 2.37. The molecule has 2 amide bonds. The first kappa shape index (κ1) is 15.5. The van der Waals surface area contributed by atoms with Crippen molar-refractivity contribution in [3.63, 3.8) is 0 Å². The van der Waals surface area contributed by atoms with Gasteiger partial charge >= 0.3 is 0 Å². The van der Waals surface area contributed by atoms with E-state index < -0.39 is 5.92 Å². The molecule has 122 valence electrons. The van der Waals surface area contributed by atoms with Crippen LogP contribution in [0.25, 0.3) is 0 Å². The van der Waals surface area contributed by atoms with Gasteiger partial charge in [0.15, 0.2) is 0 Å². The molecule has 1 saturated heterocycles. The zero-order valence-electron chi connectivity index (χ0n) is 12.9. The van der Waals surface area contributed by atoms with Crippen LogP contribution in [0.5, 0.6) is 0 Å². The molecule has 0 N–H and O–H groups in total. The van der Waals surface area contributed by atoms with E-state index in [0.717, 1.165) is 17.7 Å². The lowest BCUT2D eigenvalue weighted by molar-refractivity contribution is -0.139. The minimum atomic E-state index is -0.783. The molecule has 0 saturated carbocycles. The summed E-state index contributed by atoms with van der Waals surface area (Å²) in [6.07, 6.45) is 5.44. The molecule has 2 unspecified atom stereocenters. The van der Waals surface area contributed by atoms with E-state index in [-0.39, 0.29) is 17.9 Å². The first-order valence-electron chi connectivity index (χ1n) is 7.92. The molecule has 2 aromatic rings. The molecule has 4 nitrogen and oxygen atoms in total. The van der Waals surface area contributed by atoms with E-state index in [0.29, 0.717) is 12.3 Å². The largest absolute Gasteiger partial charge is 0.334 e. The summed E-state index contributed by atoms with van der Waals surface area (Å²) < 4.78 is 0. The molecule has 2 aliphatic rings. The van der Waals surface area contributed by atoms with Crippen LogP contribution >= 0.6 is 22.7 Å². The van der Waals surface area contributed by atoms with Crippen LogP contribution in [0.4, 0.5) is 0 Å². The van der Waals surface area contributed by atoms with E-state index in [1.54, 1.807) is 23.5 Å². The predicted octanol–water partition coefficient (Wildman–Crippen LogP) is 3.68. The van der Waals surface area contributed by atoms with Gasteiger partial charge in [0.25, 0.3) is 5.91 Å². The Balaban J connectivity index is 1.53. The van der Waals surface area contributed by atoms with Gasteiger partial charge < -0.3 is 4.90 Å². The normalized spacial score (nSPS) is 23.6. The van der Waals surface area contributed by atoms with E-state index in [1.807, 2.05) is 33.9 Å². The Morgan fingerprint density at radius 1 is 1.21 bits per heavy atom. The van der Waals surface area contributed by atoms with Gasteiger partial charge in [0.2, 0.25) is 5.91 Å². The fourth-order valence-corrected chi connectivity index (χ4v) is 4.80. The lowest BCUT2D eigenvalue weighted by atomic mass is 10.0.